The van der Waals surface area contributed by atoms with Crippen LogP contribution in [-0.2, 0) is 0 Å². The second kappa shape index (κ2) is 11.4. The molecule has 7 heteroatoms. The summed E-state index contributed by atoms with van der Waals surface area (Å²) in [5, 5.41) is 0. The molecule has 1 aliphatic carbocycles. The van der Waals surface area contributed by atoms with Gasteiger partial charge >= 0.3 is 6.11 Å². The van der Waals surface area contributed by atoms with Gasteiger partial charge in [0.05, 0.1) is 6.61 Å². The van der Waals surface area contributed by atoms with Gasteiger partial charge in [-0.25, -0.2) is 8.78 Å². The lowest BCUT2D eigenvalue weighted by Gasteiger charge is -2.27. The van der Waals surface area contributed by atoms with Crippen molar-refractivity contribution in [3.8, 4) is 33.8 Å². The fourth-order valence-electron chi connectivity index (χ4n) is 4.68. The highest BCUT2D eigenvalue weighted by Crippen LogP contribution is 2.38. The third kappa shape index (κ3) is 5.97. The lowest BCUT2D eigenvalue weighted by molar-refractivity contribution is -0.145. The van der Waals surface area contributed by atoms with E-state index in [0.717, 1.165) is 18.9 Å². The quantitative estimate of drug-likeness (QED) is 0.208. The molecule has 0 amide bonds. The predicted molar refractivity (Wildman–Crippen MR) is 134 cm³/mol. The number of rotatable bonds is 9. The van der Waals surface area contributed by atoms with Crippen LogP contribution < -0.4 is 9.47 Å². The fourth-order valence-corrected chi connectivity index (χ4v) is 4.68. The summed E-state index contributed by atoms with van der Waals surface area (Å²) in [6.07, 6.45) is 1.61. The van der Waals surface area contributed by atoms with Gasteiger partial charge in [0.1, 0.15) is 11.6 Å². The molecule has 0 fully saturated rings. The van der Waals surface area contributed by atoms with E-state index in [0.29, 0.717) is 29.9 Å². The molecule has 0 saturated heterocycles. The van der Waals surface area contributed by atoms with Gasteiger partial charge in [0, 0.05) is 22.8 Å². The molecule has 0 radical (unpaired) electrons. The maximum atomic E-state index is 14.9. The summed E-state index contributed by atoms with van der Waals surface area (Å²) in [6, 6.07) is 12.5. The first-order valence-electron chi connectivity index (χ1n) is 12.5. The van der Waals surface area contributed by atoms with Gasteiger partial charge in [0.25, 0.3) is 0 Å². The van der Waals surface area contributed by atoms with Crippen LogP contribution in [0.4, 0.5) is 22.0 Å². The Morgan fingerprint density at radius 3 is 2.14 bits per heavy atom. The number of alkyl halides is 2. The molecule has 0 spiro atoms. The molecule has 4 rings (SSSR count). The van der Waals surface area contributed by atoms with Gasteiger partial charge in [-0.2, -0.15) is 13.2 Å². The summed E-state index contributed by atoms with van der Waals surface area (Å²) in [5.74, 6) is -2.88. The van der Waals surface area contributed by atoms with Crippen LogP contribution >= 0.6 is 0 Å². The van der Waals surface area contributed by atoms with Crippen LogP contribution in [0.2, 0.25) is 0 Å². The van der Waals surface area contributed by atoms with Gasteiger partial charge in [-0.1, -0.05) is 50.1 Å². The summed E-state index contributed by atoms with van der Waals surface area (Å²) >= 11 is 0. The van der Waals surface area contributed by atoms with E-state index in [1.807, 2.05) is 0 Å². The zero-order valence-corrected chi connectivity index (χ0v) is 20.8. The average molecular weight is 517 g/mol. The van der Waals surface area contributed by atoms with Gasteiger partial charge < -0.3 is 9.47 Å². The van der Waals surface area contributed by atoms with Crippen LogP contribution in [0, 0.1) is 23.4 Å². The number of allylic oxidation sites excluding steroid dienone is 1. The highest BCUT2D eigenvalue weighted by molar-refractivity contribution is 5.72. The summed E-state index contributed by atoms with van der Waals surface area (Å²) in [5.41, 5.74) is 0.975. The Morgan fingerprint density at radius 2 is 1.54 bits per heavy atom. The first-order valence-corrected chi connectivity index (χ1v) is 12.5. The van der Waals surface area contributed by atoms with Crippen molar-refractivity contribution >= 4 is 0 Å². The second-order valence-electron chi connectivity index (χ2n) is 9.17. The highest BCUT2D eigenvalue weighted by Gasteiger charge is 2.38. The second-order valence-corrected chi connectivity index (χ2v) is 9.17. The van der Waals surface area contributed by atoms with Crippen molar-refractivity contribution in [2.24, 2.45) is 5.92 Å². The van der Waals surface area contributed by atoms with E-state index in [-0.39, 0.29) is 41.2 Å². The number of ether oxygens (including phenoxy) is 2. The third-order valence-electron chi connectivity index (χ3n) is 6.63. The highest BCUT2D eigenvalue weighted by atomic mass is 19.3. The van der Waals surface area contributed by atoms with Crippen LogP contribution in [0.15, 0.2) is 66.2 Å². The third-order valence-corrected chi connectivity index (χ3v) is 6.63. The van der Waals surface area contributed by atoms with E-state index >= 15 is 0 Å². The summed E-state index contributed by atoms with van der Waals surface area (Å²) in [6.45, 7) is 3.95. The van der Waals surface area contributed by atoms with Gasteiger partial charge in [0.15, 0.2) is 11.6 Å². The zero-order chi connectivity index (χ0) is 26.6. The molecule has 0 aliphatic heterocycles. The molecule has 1 atom stereocenters. The van der Waals surface area contributed by atoms with Crippen molar-refractivity contribution in [3.05, 3.63) is 83.7 Å². The molecular formula is C30H29F5O2. The van der Waals surface area contributed by atoms with Crippen molar-refractivity contribution in [2.45, 2.75) is 52.1 Å². The lowest BCUT2D eigenvalue weighted by atomic mass is 9.86. The van der Waals surface area contributed by atoms with Crippen LogP contribution in [0.3, 0.4) is 0 Å². The monoisotopic (exact) mass is 516 g/mol. The van der Waals surface area contributed by atoms with E-state index in [4.69, 9.17) is 9.47 Å². The molecule has 0 N–H and O–H groups in total. The van der Waals surface area contributed by atoms with E-state index in [1.54, 1.807) is 25.1 Å². The van der Waals surface area contributed by atoms with Crippen LogP contribution in [0.1, 0.15) is 46.0 Å². The van der Waals surface area contributed by atoms with E-state index < -0.39 is 23.6 Å². The molecule has 0 heterocycles. The number of hydrogen-bond acceptors (Lipinski definition) is 2. The fraction of sp³-hybridized carbons (Fsp3) is 0.333. The standard InChI is InChI=1S/C30H29F5O2/c1-3-5-19-6-12-22(13-7-19)30(34,35)37-23-14-15-24(26(31)18-23)20-8-10-21(11-9-20)25-16-17-27(36-4-2)29(33)28(25)32/h8-12,14-19H,3-7,13H2,1-2H3. The predicted octanol–water partition coefficient (Wildman–Crippen LogP) is 9.33. The van der Waals surface area contributed by atoms with Gasteiger partial charge in [0.2, 0.25) is 5.82 Å². The first-order chi connectivity index (χ1) is 17.7. The lowest BCUT2D eigenvalue weighted by Crippen LogP contribution is -2.29. The first kappa shape index (κ1) is 26.7. The largest absolute Gasteiger partial charge is 0.491 e. The minimum Gasteiger partial charge on any atom is -0.491 e. The maximum Gasteiger partial charge on any atom is 0.422 e. The SMILES string of the molecule is CCCC1CC=C(C(F)(F)Oc2ccc(-c3ccc(-c4ccc(OCC)c(F)c4F)cc3)c(F)c2)CC1. The van der Waals surface area contributed by atoms with E-state index in [9.17, 15) is 22.0 Å². The molecule has 3 aromatic rings. The summed E-state index contributed by atoms with van der Waals surface area (Å²) in [4.78, 5) is 0. The molecule has 0 bridgehead atoms. The zero-order valence-electron chi connectivity index (χ0n) is 20.8. The Kier molecular flexibility index (Phi) is 8.20. The summed E-state index contributed by atoms with van der Waals surface area (Å²) < 4.78 is 83.1. The van der Waals surface area contributed by atoms with Crippen molar-refractivity contribution in [2.75, 3.05) is 6.61 Å². The molecule has 0 saturated carbocycles. The van der Waals surface area contributed by atoms with E-state index in [2.05, 4.69) is 6.92 Å². The Labute approximate surface area is 213 Å². The minimum atomic E-state index is -3.51. The molecule has 196 valence electrons. The number of halogens is 5. The van der Waals surface area contributed by atoms with Crippen LogP contribution in [0.5, 0.6) is 11.5 Å². The van der Waals surface area contributed by atoms with Gasteiger partial charge in [-0.05, 0) is 67.5 Å². The Bertz CT molecular complexity index is 1270. The Balaban J connectivity index is 1.49. The Hall–Kier alpha value is -3.35. The molecule has 37 heavy (non-hydrogen) atoms. The molecule has 0 aromatic heterocycles. The van der Waals surface area contributed by atoms with Crippen LogP contribution in [0.25, 0.3) is 22.3 Å². The molecular weight excluding hydrogens is 487 g/mol. The van der Waals surface area contributed by atoms with Gasteiger partial charge in [-0.15, -0.1) is 0 Å². The van der Waals surface area contributed by atoms with E-state index in [1.165, 1.54) is 36.4 Å². The maximum absolute atomic E-state index is 14.9. The molecule has 1 aliphatic rings. The molecule has 1 unspecified atom stereocenters. The average Bonchev–Trinajstić information content (AvgIpc) is 2.88. The molecule has 2 nitrogen and oxygen atoms in total. The minimum absolute atomic E-state index is 0.0389. The molecule has 3 aromatic carbocycles. The van der Waals surface area contributed by atoms with Crippen molar-refractivity contribution in [3.63, 3.8) is 0 Å². The number of hydrogen-bond donors (Lipinski definition) is 0. The van der Waals surface area contributed by atoms with Gasteiger partial charge in [-0.3, -0.25) is 0 Å². The van der Waals surface area contributed by atoms with Crippen molar-refractivity contribution < 1.29 is 31.4 Å². The number of benzene rings is 3. The smallest absolute Gasteiger partial charge is 0.422 e. The van der Waals surface area contributed by atoms with Crippen molar-refractivity contribution in [1.29, 1.82) is 0 Å². The normalized spacial score (nSPS) is 15.9. The Morgan fingerprint density at radius 1 is 0.865 bits per heavy atom. The topological polar surface area (TPSA) is 18.5 Å². The van der Waals surface area contributed by atoms with Crippen molar-refractivity contribution in [1.82, 2.24) is 0 Å². The summed E-state index contributed by atoms with van der Waals surface area (Å²) in [7, 11) is 0. The van der Waals surface area contributed by atoms with Crippen LogP contribution in [-0.4, -0.2) is 12.7 Å².